The van der Waals surface area contributed by atoms with Crippen molar-refractivity contribution < 1.29 is 0 Å². The zero-order chi connectivity index (χ0) is 12.1. The van der Waals surface area contributed by atoms with E-state index in [0.717, 1.165) is 11.8 Å². The van der Waals surface area contributed by atoms with E-state index < -0.39 is 0 Å². The molecule has 2 aliphatic rings. The van der Waals surface area contributed by atoms with Crippen LogP contribution in [0.2, 0.25) is 0 Å². The van der Waals surface area contributed by atoms with Gasteiger partial charge in [-0.05, 0) is 49.5 Å². The first-order chi connectivity index (χ1) is 8.23. The third-order valence-electron chi connectivity index (χ3n) is 5.10. The molecule has 0 amide bonds. The summed E-state index contributed by atoms with van der Waals surface area (Å²) in [7, 11) is 0. The molecule has 2 aliphatic carbocycles. The molecule has 0 saturated heterocycles. The second-order valence-corrected chi connectivity index (χ2v) is 6.93. The van der Waals surface area contributed by atoms with Gasteiger partial charge in [-0.15, -0.1) is 0 Å². The maximum Gasteiger partial charge on any atom is 0.00106 e. The molecule has 1 nitrogen and oxygen atoms in total. The molecule has 0 spiro atoms. The van der Waals surface area contributed by atoms with Gasteiger partial charge in [0.05, 0.1) is 0 Å². The minimum absolute atomic E-state index is 0.690. The summed E-state index contributed by atoms with van der Waals surface area (Å²) < 4.78 is 0. The molecule has 0 atom stereocenters. The molecule has 17 heavy (non-hydrogen) atoms. The van der Waals surface area contributed by atoms with Gasteiger partial charge in [0.1, 0.15) is 0 Å². The summed E-state index contributed by atoms with van der Waals surface area (Å²) in [4.78, 5) is 0. The minimum Gasteiger partial charge on any atom is -0.316 e. The Morgan fingerprint density at radius 3 is 2.24 bits per heavy atom. The molecule has 1 heteroatoms. The predicted octanol–water partition coefficient (Wildman–Crippen LogP) is 4.37. The number of hydrogen-bond acceptors (Lipinski definition) is 1. The lowest BCUT2D eigenvalue weighted by Gasteiger charge is -2.40. The zero-order valence-corrected chi connectivity index (χ0v) is 11.9. The first-order valence-electron chi connectivity index (χ1n) is 7.94. The van der Waals surface area contributed by atoms with Crippen LogP contribution >= 0.6 is 0 Å². The molecule has 100 valence electrons. The van der Waals surface area contributed by atoms with Crippen molar-refractivity contribution in [2.75, 3.05) is 13.1 Å². The van der Waals surface area contributed by atoms with Gasteiger partial charge in [-0.2, -0.15) is 0 Å². The first-order valence-corrected chi connectivity index (χ1v) is 7.94. The topological polar surface area (TPSA) is 12.0 Å². The third-order valence-corrected chi connectivity index (χ3v) is 5.10. The van der Waals surface area contributed by atoms with Crippen LogP contribution < -0.4 is 5.32 Å². The van der Waals surface area contributed by atoms with Crippen LogP contribution in [0.5, 0.6) is 0 Å². The van der Waals surface area contributed by atoms with Crippen LogP contribution in [0, 0.1) is 17.3 Å². The van der Waals surface area contributed by atoms with Crippen LogP contribution in [-0.4, -0.2) is 13.1 Å². The summed E-state index contributed by atoms with van der Waals surface area (Å²) in [6.07, 6.45) is 13.5. The van der Waals surface area contributed by atoms with Crippen LogP contribution in [0.15, 0.2) is 0 Å². The van der Waals surface area contributed by atoms with Gasteiger partial charge in [0.2, 0.25) is 0 Å². The number of nitrogens with one attached hydrogen (secondary N) is 1. The van der Waals surface area contributed by atoms with Crippen molar-refractivity contribution in [3.8, 4) is 0 Å². The maximum absolute atomic E-state index is 3.76. The van der Waals surface area contributed by atoms with Crippen molar-refractivity contribution in [2.24, 2.45) is 17.3 Å². The Morgan fingerprint density at radius 2 is 1.65 bits per heavy atom. The second-order valence-electron chi connectivity index (χ2n) is 6.93. The van der Waals surface area contributed by atoms with Crippen molar-refractivity contribution >= 4 is 0 Å². The quantitative estimate of drug-likeness (QED) is 0.748. The normalized spacial score (nSPS) is 25.6. The van der Waals surface area contributed by atoms with E-state index in [4.69, 9.17) is 0 Å². The average molecular weight is 237 g/mol. The Morgan fingerprint density at radius 1 is 1.00 bits per heavy atom. The molecular weight excluding hydrogens is 206 g/mol. The smallest absolute Gasteiger partial charge is 0.00106 e. The van der Waals surface area contributed by atoms with Gasteiger partial charge in [-0.1, -0.05) is 46.0 Å². The Bertz CT molecular complexity index is 210. The molecule has 0 heterocycles. The molecular formula is C16H31N. The van der Waals surface area contributed by atoms with E-state index in [2.05, 4.69) is 19.2 Å². The Hall–Kier alpha value is -0.0400. The van der Waals surface area contributed by atoms with Crippen LogP contribution in [0.4, 0.5) is 0 Å². The van der Waals surface area contributed by atoms with Gasteiger partial charge in [0, 0.05) is 6.54 Å². The van der Waals surface area contributed by atoms with Gasteiger partial charge in [0.15, 0.2) is 0 Å². The highest BCUT2D eigenvalue weighted by molar-refractivity contribution is 4.93. The molecule has 0 aliphatic heterocycles. The molecule has 1 N–H and O–H groups in total. The Balaban J connectivity index is 1.89. The SMILES string of the molecule is CC(C)CNCC1(C2CCCCC2)CCCC1. The summed E-state index contributed by atoms with van der Waals surface area (Å²) in [6, 6.07) is 0. The summed E-state index contributed by atoms with van der Waals surface area (Å²) in [6.45, 7) is 7.13. The van der Waals surface area contributed by atoms with Gasteiger partial charge in [-0.3, -0.25) is 0 Å². The highest BCUT2D eigenvalue weighted by Gasteiger charge is 2.40. The molecule has 0 unspecified atom stereocenters. The average Bonchev–Trinajstić information content (AvgIpc) is 2.80. The highest BCUT2D eigenvalue weighted by Crippen LogP contribution is 2.49. The van der Waals surface area contributed by atoms with E-state index in [1.165, 1.54) is 70.9 Å². The van der Waals surface area contributed by atoms with E-state index in [0.29, 0.717) is 5.41 Å². The predicted molar refractivity (Wildman–Crippen MR) is 75.2 cm³/mol. The lowest BCUT2D eigenvalue weighted by Crippen LogP contribution is -2.40. The molecule has 2 rings (SSSR count). The molecule has 2 saturated carbocycles. The van der Waals surface area contributed by atoms with E-state index in [9.17, 15) is 0 Å². The minimum atomic E-state index is 0.690. The zero-order valence-electron chi connectivity index (χ0n) is 11.9. The van der Waals surface area contributed by atoms with E-state index in [1.807, 2.05) is 0 Å². The summed E-state index contributed by atoms with van der Waals surface area (Å²) in [5, 5.41) is 3.76. The molecule has 0 aromatic rings. The maximum atomic E-state index is 3.76. The second kappa shape index (κ2) is 6.22. The third kappa shape index (κ3) is 3.47. The fourth-order valence-corrected chi connectivity index (χ4v) is 4.13. The van der Waals surface area contributed by atoms with E-state index in [-0.39, 0.29) is 0 Å². The Kier molecular flexibility index (Phi) is 4.90. The van der Waals surface area contributed by atoms with Gasteiger partial charge >= 0.3 is 0 Å². The molecule has 0 aromatic carbocycles. The van der Waals surface area contributed by atoms with Crippen molar-refractivity contribution in [1.29, 1.82) is 0 Å². The van der Waals surface area contributed by atoms with Crippen LogP contribution in [0.1, 0.15) is 71.6 Å². The van der Waals surface area contributed by atoms with Crippen molar-refractivity contribution in [3.63, 3.8) is 0 Å². The molecule has 2 fully saturated rings. The van der Waals surface area contributed by atoms with Gasteiger partial charge in [0.25, 0.3) is 0 Å². The molecule has 0 aromatic heterocycles. The van der Waals surface area contributed by atoms with E-state index >= 15 is 0 Å². The van der Waals surface area contributed by atoms with Gasteiger partial charge < -0.3 is 5.32 Å². The fraction of sp³-hybridized carbons (Fsp3) is 1.00. The van der Waals surface area contributed by atoms with Crippen molar-refractivity contribution in [1.82, 2.24) is 5.32 Å². The largest absolute Gasteiger partial charge is 0.316 e. The Labute approximate surface area is 108 Å². The summed E-state index contributed by atoms with van der Waals surface area (Å²) >= 11 is 0. The monoisotopic (exact) mass is 237 g/mol. The summed E-state index contributed by atoms with van der Waals surface area (Å²) in [5.74, 6) is 1.83. The standard InChI is InChI=1S/C16H31N/c1-14(2)12-17-13-16(10-6-7-11-16)15-8-4-3-5-9-15/h14-15,17H,3-13H2,1-2H3. The van der Waals surface area contributed by atoms with Crippen molar-refractivity contribution in [3.05, 3.63) is 0 Å². The lowest BCUT2D eigenvalue weighted by molar-refractivity contribution is 0.118. The number of rotatable bonds is 5. The lowest BCUT2D eigenvalue weighted by atomic mass is 9.67. The highest BCUT2D eigenvalue weighted by atomic mass is 14.9. The van der Waals surface area contributed by atoms with Crippen LogP contribution in [-0.2, 0) is 0 Å². The van der Waals surface area contributed by atoms with Crippen molar-refractivity contribution in [2.45, 2.75) is 71.6 Å². The van der Waals surface area contributed by atoms with Crippen LogP contribution in [0.3, 0.4) is 0 Å². The molecule has 0 bridgehead atoms. The summed E-state index contributed by atoms with van der Waals surface area (Å²) in [5.41, 5.74) is 0.690. The van der Waals surface area contributed by atoms with Gasteiger partial charge in [-0.25, -0.2) is 0 Å². The first kappa shape index (κ1) is 13.4. The van der Waals surface area contributed by atoms with Crippen LogP contribution in [0.25, 0.3) is 0 Å². The fourth-order valence-electron chi connectivity index (χ4n) is 4.13. The number of hydrogen-bond donors (Lipinski definition) is 1. The molecule has 0 radical (unpaired) electrons. The van der Waals surface area contributed by atoms with E-state index in [1.54, 1.807) is 0 Å².